The average molecular weight is 471 g/mol. The van der Waals surface area contributed by atoms with Gasteiger partial charge in [-0.1, -0.05) is 30.3 Å². The van der Waals surface area contributed by atoms with Crippen molar-refractivity contribution in [1.82, 2.24) is 14.5 Å². The van der Waals surface area contributed by atoms with Crippen molar-refractivity contribution in [2.24, 2.45) is 0 Å². The van der Waals surface area contributed by atoms with Gasteiger partial charge in [0.15, 0.2) is 0 Å². The second-order valence-corrected chi connectivity index (χ2v) is 9.82. The molecule has 9 heteroatoms. The monoisotopic (exact) mass is 470 g/mol. The Balaban J connectivity index is 1.56. The molecule has 176 valence electrons. The SMILES string of the molecule is C=CCNS(=O)(=O)c1cccc(C(=O)N2CCN(CC(=O)Nc3c(C)cccc3C)CC2)c1. The van der Waals surface area contributed by atoms with Gasteiger partial charge in [-0.3, -0.25) is 14.5 Å². The van der Waals surface area contributed by atoms with E-state index in [9.17, 15) is 18.0 Å². The van der Waals surface area contributed by atoms with Gasteiger partial charge in [0.05, 0.1) is 11.4 Å². The number of amides is 2. The van der Waals surface area contributed by atoms with Crippen LogP contribution in [0.4, 0.5) is 5.69 Å². The molecule has 1 fully saturated rings. The van der Waals surface area contributed by atoms with Crippen molar-refractivity contribution in [3.63, 3.8) is 0 Å². The van der Waals surface area contributed by atoms with Crippen molar-refractivity contribution in [2.75, 3.05) is 44.6 Å². The van der Waals surface area contributed by atoms with E-state index in [1.807, 2.05) is 36.9 Å². The summed E-state index contributed by atoms with van der Waals surface area (Å²) < 4.78 is 27.1. The molecule has 0 atom stereocenters. The quantitative estimate of drug-likeness (QED) is 0.576. The molecule has 33 heavy (non-hydrogen) atoms. The van der Waals surface area contributed by atoms with Crippen LogP contribution >= 0.6 is 0 Å². The summed E-state index contributed by atoms with van der Waals surface area (Å²) in [6.45, 7) is 9.82. The van der Waals surface area contributed by atoms with Crippen LogP contribution in [0.3, 0.4) is 0 Å². The van der Waals surface area contributed by atoms with Gasteiger partial charge in [-0.05, 0) is 43.2 Å². The van der Waals surface area contributed by atoms with Gasteiger partial charge < -0.3 is 10.2 Å². The molecule has 2 amide bonds. The number of carbonyl (C=O) groups excluding carboxylic acids is 2. The molecule has 2 aromatic rings. The first-order valence-corrected chi connectivity index (χ1v) is 12.3. The summed E-state index contributed by atoms with van der Waals surface area (Å²) in [6, 6.07) is 11.9. The van der Waals surface area contributed by atoms with Gasteiger partial charge in [0.25, 0.3) is 5.91 Å². The Labute approximate surface area is 195 Å². The summed E-state index contributed by atoms with van der Waals surface area (Å²) in [6.07, 6.45) is 1.45. The van der Waals surface area contributed by atoms with E-state index in [4.69, 9.17) is 0 Å². The molecular formula is C24H30N4O4S. The van der Waals surface area contributed by atoms with Crippen molar-refractivity contribution in [1.29, 1.82) is 0 Å². The highest BCUT2D eigenvalue weighted by atomic mass is 32.2. The second-order valence-electron chi connectivity index (χ2n) is 8.05. The minimum atomic E-state index is -3.71. The summed E-state index contributed by atoms with van der Waals surface area (Å²) in [5, 5.41) is 2.99. The molecule has 1 aliphatic heterocycles. The number of anilines is 1. The predicted octanol–water partition coefficient (Wildman–Crippen LogP) is 2.16. The molecule has 0 radical (unpaired) electrons. The lowest BCUT2D eigenvalue weighted by molar-refractivity contribution is -0.117. The normalized spacial score (nSPS) is 14.7. The summed E-state index contributed by atoms with van der Waals surface area (Å²) in [4.78, 5) is 29.2. The molecule has 2 N–H and O–H groups in total. The van der Waals surface area contributed by atoms with E-state index >= 15 is 0 Å². The Hall–Kier alpha value is -3.01. The number of carbonyl (C=O) groups is 2. The zero-order valence-electron chi connectivity index (χ0n) is 19.0. The zero-order valence-corrected chi connectivity index (χ0v) is 19.8. The number of sulfonamides is 1. The number of nitrogens with zero attached hydrogens (tertiary/aromatic N) is 2. The van der Waals surface area contributed by atoms with Crippen molar-refractivity contribution in [3.8, 4) is 0 Å². The number of nitrogens with one attached hydrogen (secondary N) is 2. The van der Waals surface area contributed by atoms with Gasteiger partial charge >= 0.3 is 0 Å². The van der Waals surface area contributed by atoms with E-state index in [1.165, 1.54) is 18.2 Å². The fourth-order valence-electron chi connectivity index (χ4n) is 3.73. The smallest absolute Gasteiger partial charge is 0.253 e. The summed E-state index contributed by atoms with van der Waals surface area (Å²) in [7, 11) is -3.71. The van der Waals surface area contributed by atoms with E-state index in [2.05, 4.69) is 16.6 Å². The Morgan fingerprint density at radius 3 is 2.30 bits per heavy atom. The Morgan fingerprint density at radius 1 is 1.03 bits per heavy atom. The van der Waals surface area contributed by atoms with Crippen LogP contribution < -0.4 is 10.0 Å². The van der Waals surface area contributed by atoms with Crippen LogP contribution in [0.5, 0.6) is 0 Å². The highest BCUT2D eigenvalue weighted by Crippen LogP contribution is 2.19. The predicted molar refractivity (Wildman–Crippen MR) is 129 cm³/mol. The van der Waals surface area contributed by atoms with E-state index < -0.39 is 10.0 Å². The van der Waals surface area contributed by atoms with Crippen LogP contribution in [0, 0.1) is 13.8 Å². The molecule has 0 spiro atoms. The van der Waals surface area contributed by atoms with Gasteiger partial charge in [0.1, 0.15) is 0 Å². The fourth-order valence-corrected chi connectivity index (χ4v) is 4.78. The van der Waals surface area contributed by atoms with Crippen LogP contribution in [-0.4, -0.2) is 69.3 Å². The summed E-state index contributed by atoms with van der Waals surface area (Å²) >= 11 is 0. The maximum absolute atomic E-state index is 12.9. The van der Waals surface area contributed by atoms with Gasteiger partial charge in [0, 0.05) is 44.0 Å². The molecule has 0 aliphatic carbocycles. The lowest BCUT2D eigenvalue weighted by Crippen LogP contribution is -2.50. The highest BCUT2D eigenvalue weighted by Gasteiger charge is 2.24. The number of hydrogen-bond acceptors (Lipinski definition) is 5. The van der Waals surface area contributed by atoms with E-state index in [0.717, 1.165) is 16.8 Å². The minimum Gasteiger partial charge on any atom is -0.336 e. The maximum atomic E-state index is 12.9. The topological polar surface area (TPSA) is 98.8 Å². The summed E-state index contributed by atoms with van der Waals surface area (Å²) in [5.74, 6) is -0.312. The molecule has 3 rings (SSSR count). The van der Waals surface area contributed by atoms with Crippen molar-refractivity contribution < 1.29 is 18.0 Å². The first-order valence-electron chi connectivity index (χ1n) is 10.8. The third kappa shape index (κ3) is 6.28. The molecule has 0 bridgehead atoms. The summed E-state index contributed by atoms with van der Waals surface area (Å²) in [5.41, 5.74) is 3.19. The van der Waals surface area contributed by atoms with E-state index in [-0.39, 0.29) is 29.8 Å². The fraction of sp³-hybridized carbons (Fsp3) is 0.333. The Bertz CT molecular complexity index is 1120. The molecular weight excluding hydrogens is 440 g/mol. The van der Waals surface area contributed by atoms with Crippen LogP contribution in [0.1, 0.15) is 21.5 Å². The molecule has 1 saturated heterocycles. The first kappa shape index (κ1) is 24.6. The standard InChI is InChI=1S/C24H30N4O4S/c1-4-11-25-33(31,32)21-10-6-9-20(16-21)24(30)28-14-12-27(13-15-28)17-22(29)26-23-18(2)7-5-8-19(23)3/h4-10,16,25H,1,11-15,17H2,2-3H3,(H,26,29). The van der Waals surface area contributed by atoms with Crippen LogP contribution in [0.2, 0.25) is 0 Å². The first-order chi connectivity index (χ1) is 15.7. The number of piperazine rings is 1. The second kappa shape index (κ2) is 10.7. The molecule has 1 heterocycles. The molecule has 8 nitrogen and oxygen atoms in total. The van der Waals surface area contributed by atoms with Gasteiger partial charge in [0.2, 0.25) is 15.9 Å². The van der Waals surface area contributed by atoms with Crippen LogP contribution in [-0.2, 0) is 14.8 Å². The lowest BCUT2D eigenvalue weighted by atomic mass is 10.1. The van der Waals surface area contributed by atoms with Crippen molar-refractivity contribution >= 4 is 27.5 Å². The molecule has 0 unspecified atom stereocenters. The number of hydrogen-bond donors (Lipinski definition) is 2. The number of aryl methyl sites for hydroxylation is 2. The minimum absolute atomic E-state index is 0.0389. The van der Waals surface area contributed by atoms with Gasteiger partial charge in [-0.25, -0.2) is 13.1 Å². The molecule has 1 aliphatic rings. The van der Waals surface area contributed by atoms with Crippen LogP contribution in [0.15, 0.2) is 60.0 Å². The Morgan fingerprint density at radius 2 is 1.67 bits per heavy atom. The highest BCUT2D eigenvalue weighted by molar-refractivity contribution is 7.89. The van der Waals surface area contributed by atoms with Crippen molar-refractivity contribution in [2.45, 2.75) is 18.7 Å². The van der Waals surface area contributed by atoms with Gasteiger partial charge in [-0.2, -0.15) is 0 Å². The largest absolute Gasteiger partial charge is 0.336 e. The molecule has 0 saturated carbocycles. The molecule has 0 aromatic heterocycles. The third-order valence-electron chi connectivity index (χ3n) is 5.58. The number of para-hydroxylation sites is 1. The van der Waals surface area contributed by atoms with Crippen LogP contribution in [0.25, 0.3) is 0 Å². The third-order valence-corrected chi connectivity index (χ3v) is 7.00. The van der Waals surface area contributed by atoms with E-state index in [1.54, 1.807) is 17.0 Å². The van der Waals surface area contributed by atoms with Crippen molar-refractivity contribution in [3.05, 3.63) is 71.8 Å². The average Bonchev–Trinajstić information content (AvgIpc) is 2.80. The van der Waals surface area contributed by atoms with E-state index in [0.29, 0.717) is 31.7 Å². The maximum Gasteiger partial charge on any atom is 0.253 e. The Kier molecular flexibility index (Phi) is 8.01. The van der Waals surface area contributed by atoms with Gasteiger partial charge in [-0.15, -0.1) is 6.58 Å². The number of benzene rings is 2. The number of rotatable bonds is 8. The lowest BCUT2D eigenvalue weighted by Gasteiger charge is -2.34. The zero-order chi connectivity index (χ0) is 24.0. The molecule has 2 aromatic carbocycles.